The maximum Gasteiger partial charge on any atom is 0.309 e. The van der Waals surface area contributed by atoms with Crippen molar-refractivity contribution >= 4 is 23.7 Å². The molecule has 0 amide bonds. The van der Waals surface area contributed by atoms with E-state index < -0.39 is 0 Å². The summed E-state index contributed by atoms with van der Waals surface area (Å²) >= 11 is 1.56. The van der Waals surface area contributed by atoms with Gasteiger partial charge in [-0.1, -0.05) is 6.92 Å². The van der Waals surface area contributed by atoms with E-state index in [9.17, 15) is 9.59 Å². The topological polar surface area (TPSA) is 52.6 Å². The van der Waals surface area contributed by atoms with Gasteiger partial charge in [0, 0.05) is 11.5 Å². The Balaban J connectivity index is 3.50. The van der Waals surface area contributed by atoms with Crippen LogP contribution in [-0.2, 0) is 19.1 Å². The van der Waals surface area contributed by atoms with E-state index in [1.807, 2.05) is 6.92 Å². The van der Waals surface area contributed by atoms with Crippen molar-refractivity contribution in [1.82, 2.24) is 0 Å². The maximum atomic E-state index is 11.2. The molecule has 0 aromatic heterocycles. The Morgan fingerprint density at radius 2 is 2.07 bits per heavy atom. The van der Waals surface area contributed by atoms with Crippen molar-refractivity contribution in [3.05, 3.63) is 0 Å². The Hall–Kier alpha value is -0.710. The van der Waals surface area contributed by atoms with Crippen LogP contribution in [0.5, 0.6) is 0 Å². The van der Waals surface area contributed by atoms with Gasteiger partial charge in [-0.3, -0.25) is 9.59 Å². The van der Waals surface area contributed by atoms with Crippen LogP contribution in [0.1, 0.15) is 20.3 Å². The van der Waals surface area contributed by atoms with Crippen LogP contribution >= 0.6 is 11.8 Å². The molecule has 0 radical (unpaired) electrons. The highest BCUT2D eigenvalue weighted by atomic mass is 32.2. The largest absolute Gasteiger partial charge is 0.469 e. The third kappa shape index (κ3) is 7.25. The summed E-state index contributed by atoms with van der Waals surface area (Å²) in [6, 6.07) is 0. The quantitative estimate of drug-likeness (QED) is 0.493. The number of thioether (sulfide) groups is 1. The van der Waals surface area contributed by atoms with E-state index in [2.05, 4.69) is 4.74 Å². The first kappa shape index (κ1) is 14.3. The van der Waals surface area contributed by atoms with Crippen LogP contribution in [0, 0.1) is 5.92 Å². The van der Waals surface area contributed by atoms with Gasteiger partial charge in [-0.2, -0.15) is 11.8 Å². The molecule has 0 heterocycles. The molecule has 1 unspecified atom stereocenters. The van der Waals surface area contributed by atoms with Gasteiger partial charge in [0.15, 0.2) is 0 Å². The molecule has 88 valence electrons. The number of ether oxygens (including phenoxy) is 2. The van der Waals surface area contributed by atoms with Gasteiger partial charge in [-0.05, 0) is 6.92 Å². The van der Waals surface area contributed by atoms with Crippen LogP contribution in [0.25, 0.3) is 0 Å². The molecule has 1 atom stereocenters. The molecule has 0 aromatic rings. The molecule has 0 fully saturated rings. The Morgan fingerprint density at radius 1 is 1.40 bits per heavy atom. The summed E-state index contributed by atoms with van der Waals surface area (Å²) in [6.07, 6.45) is 0.386. The van der Waals surface area contributed by atoms with Gasteiger partial charge in [0.25, 0.3) is 0 Å². The lowest BCUT2D eigenvalue weighted by atomic mass is 10.2. The minimum Gasteiger partial charge on any atom is -0.469 e. The Bertz CT molecular complexity index is 206. The fourth-order valence-electron chi connectivity index (χ4n) is 0.870. The summed E-state index contributed by atoms with van der Waals surface area (Å²) < 4.78 is 9.36. The van der Waals surface area contributed by atoms with Gasteiger partial charge in [-0.25, -0.2) is 0 Å². The van der Waals surface area contributed by atoms with Crippen LogP contribution in [-0.4, -0.2) is 37.2 Å². The molecule has 0 aromatic carbocycles. The third-order valence-electron chi connectivity index (χ3n) is 1.74. The lowest BCUT2D eigenvalue weighted by Gasteiger charge is -2.09. The van der Waals surface area contributed by atoms with Crippen molar-refractivity contribution in [3.8, 4) is 0 Å². The Labute approximate surface area is 94.7 Å². The fraction of sp³-hybridized carbons (Fsp3) is 0.800. The highest BCUT2D eigenvalue weighted by Crippen LogP contribution is 2.11. The molecule has 4 nitrogen and oxygen atoms in total. The first-order valence-corrected chi connectivity index (χ1v) is 6.08. The number of methoxy groups -OCH3 is 1. The number of hydrogen-bond donors (Lipinski definition) is 0. The number of hydrogen-bond acceptors (Lipinski definition) is 5. The molecule has 0 aliphatic carbocycles. The zero-order valence-corrected chi connectivity index (χ0v) is 10.3. The second-order valence-corrected chi connectivity index (χ2v) is 4.20. The van der Waals surface area contributed by atoms with E-state index in [0.717, 1.165) is 0 Å². The fourth-order valence-corrected chi connectivity index (χ4v) is 1.84. The van der Waals surface area contributed by atoms with E-state index >= 15 is 0 Å². The number of esters is 2. The monoisotopic (exact) mass is 234 g/mol. The van der Waals surface area contributed by atoms with Crippen LogP contribution in [0.4, 0.5) is 0 Å². The number of carbonyl (C=O) groups is 2. The second-order valence-electron chi connectivity index (χ2n) is 3.05. The van der Waals surface area contributed by atoms with Crippen molar-refractivity contribution < 1.29 is 19.1 Å². The summed E-state index contributed by atoms with van der Waals surface area (Å²) in [6.45, 7) is 4.02. The normalized spacial score (nSPS) is 11.9. The van der Waals surface area contributed by atoms with Crippen molar-refractivity contribution in [2.75, 3.05) is 25.2 Å². The molecular weight excluding hydrogens is 216 g/mol. The van der Waals surface area contributed by atoms with Crippen LogP contribution in [0.3, 0.4) is 0 Å². The maximum absolute atomic E-state index is 11.2. The van der Waals surface area contributed by atoms with E-state index in [-0.39, 0.29) is 17.9 Å². The number of carbonyl (C=O) groups excluding carboxylic acids is 2. The zero-order chi connectivity index (χ0) is 11.7. The lowest BCUT2D eigenvalue weighted by molar-refractivity contribution is -0.146. The first-order valence-electron chi connectivity index (χ1n) is 4.93. The first-order chi connectivity index (χ1) is 7.11. The van der Waals surface area contributed by atoms with Gasteiger partial charge in [0.1, 0.15) is 0 Å². The highest BCUT2D eigenvalue weighted by Gasteiger charge is 2.13. The molecule has 0 rings (SSSR count). The molecule has 0 aliphatic rings. The average molecular weight is 234 g/mol. The summed E-state index contributed by atoms with van der Waals surface area (Å²) in [5, 5.41) is 0. The predicted octanol–water partition coefficient (Wildman–Crippen LogP) is 1.48. The summed E-state index contributed by atoms with van der Waals surface area (Å²) in [5.74, 6) is 0.841. The van der Waals surface area contributed by atoms with Gasteiger partial charge in [-0.15, -0.1) is 0 Å². The predicted molar refractivity (Wildman–Crippen MR) is 59.8 cm³/mol. The van der Waals surface area contributed by atoms with Gasteiger partial charge in [0.05, 0.1) is 26.1 Å². The summed E-state index contributed by atoms with van der Waals surface area (Å²) in [5.41, 5.74) is 0. The average Bonchev–Trinajstić information content (AvgIpc) is 2.23. The molecule has 0 bridgehead atoms. The van der Waals surface area contributed by atoms with Crippen molar-refractivity contribution in [1.29, 1.82) is 0 Å². The number of rotatable bonds is 7. The minimum atomic E-state index is -0.216. The van der Waals surface area contributed by atoms with Crippen LogP contribution in [0.15, 0.2) is 0 Å². The minimum absolute atomic E-state index is 0.118. The summed E-state index contributed by atoms with van der Waals surface area (Å²) in [4.78, 5) is 22.0. The van der Waals surface area contributed by atoms with E-state index in [0.29, 0.717) is 24.5 Å². The van der Waals surface area contributed by atoms with E-state index in [4.69, 9.17) is 4.74 Å². The molecule has 0 saturated heterocycles. The van der Waals surface area contributed by atoms with Gasteiger partial charge >= 0.3 is 11.9 Å². The van der Waals surface area contributed by atoms with E-state index in [1.54, 1.807) is 18.7 Å². The SMILES string of the molecule is CCOC(=O)C(C)CSCCC(=O)OC. The molecule has 0 spiro atoms. The zero-order valence-electron chi connectivity index (χ0n) is 9.45. The lowest BCUT2D eigenvalue weighted by Crippen LogP contribution is -2.17. The van der Waals surface area contributed by atoms with Crippen molar-refractivity contribution in [3.63, 3.8) is 0 Å². The smallest absolute Gasteiger partial charge is 0.309 e. The van der Waals surface area contributed by atoms with Gasteiger partial charge < -0.3 is 9.47 Å². The summed E-state index contributed by atoms with van der Waals surface area (Å²) in [7, 11) is 1.37. The van der Waals surface area contributed by atoms with Gasteiger partial charge in [0.2, 0.25) is 0 Å². The third-order valence-corrected chi connectivity index (χ3v) is 2.96. The molecule has 15 heavy (non-hydrogen) atoms. The van der Waals surface area contributed by atoms with Crippen molar-refractivity contribution in [2.24, 2.45) is 5.92 Å². The second kappa shape index (κ2) is 8.59. The highest BCUT2D eigenvalue weighted by molar-refractivity contribution is 7.99. The molecule has 0 N–H and O–H groups in total. The van der Waals surface area contributed by atoms with Crippen LogP contribution in [0.2, 0.25) is 0 Å². The molecule has 0 saturated carbocycles. The van der Waals surface area contributed by atoms with E-state index in [1.165, 1.54) is 7.11 Å². The molecule has 0 aliphatic heterocycles. The standard InChI is InChI=1S/C10H18O4S/c1-4-14-10(12)8(2)7-15-6-5-9(11)13-3/h8H,4-7H2,1-3H3. The van der Waals surface area contributed by atoms with Crippen LogP contribution < -0.4 is 0 Å². The Kier molecular flexibility index (Phi) is 8.18. The molecule has 5 heteroatoms. The van der Waals surface area contributed by atoms with Crippen molar-refractivity contribution in [2.45, 2.75) is 20.3 Å². The molecular formula is C10H18O4S. The Morgan fingerprint density at radius 3 is 2.60 bits per heavy atom.